The number of nitrogens with one attached hydrogen (secondary N) is 1. The van der Waals surface area contributed by atoms with E-state index >= 15 is 0 Å². The van der Waals surface area contributed by atoms with Crippen molar-refractivity contribution in [1.82, 2.24) is 4.98 Å². The van der Waals surface area contributed by atoms with Crippen molar-refractivity contribution in [1.29, 1.82) is 5.26 Å². The predicted molar refractivity (Wildman–Crippen MR) is 58.6 cm³/mol. The number of nitriles is 1. The van der Waals surface area contributed by atoms with Crippen molar-refractivity contribution in [3.8, 4) is 6.07 Å². The zero-order chi connectivity index (χ0) is 13.1. The summed E-state index contributed by atoms with van der Waals surface area (Å²) >= 11 is 0. The first-order valence-corrected chi connectivity index (χ1v) is 4.88. The first-order valence-electron chi connectivity index (χ1n) is 4.88. The summed E-state index contributed by atoms with van der Waals surface area (Å²) in [4.78, 5) is 3.74. The number of benzene rings is 1. The smallest absolute Gasteiger partial charge is 0.194 e. The summed E-state index contributed by atoms with van der Waals surface area (Å²) in [6.45, 7) is 0. The largest absolute Gasteiger partial charge is 0.355 e. The molecule has 6 heteroatoms. The van der Waals surface area contributed by atoms with Gasteiger partial charge in [0.15, 0.2) is 17.5 Å². The average molecular weight is 249 g/mol. The molecule has 0 unspecified atom stereocenters. The lowest BCUT2D eigenvalue weighted by Gasteiger charge is -2.07. The highest BCUT2D eigenvalue weighted by Crippen LogP contribution is 2.21. The van der Waals surface area contributed by atoms with Gasteiger partial charge < -0.3 is 5.32 Å². The molecule has 3 nitrogen and oxygen atoms in total. The molecular weight excluding hydrogens is 243 g/mol. The first kappa shape index (κ1) is 11.9. The molecule has 1 aromatic heterocycles. The van der Waals surface area contributed by atoms with Crippen LogP contribution in [0.4, 0.5) is 24.5 Å². The van der Waals surface area contributed by atoms with E-state index < -0.39 is 17.5 Å². The van der Waals surface area contributed by atoms with Gasteiger partial charge in [-0.25, -0.2) is 18.2 Å². The second-order valence-corrected chi connectivity index (χ2v) is 3.42. The van der Waals surface area contributed by atoms with Gasteiger partial charge in [-0.15, -0.1) is 0 Å². The number of hydrogen-bond donors (Lipinski definition) is 1. The molecule has 2 rings (SSSR count). The van der Waals surface area contributed by atoms with Crippen LogP contribution in [0.1, 0.15) is 5.69 Å². The third-order valence-corrected chi connectivity index (χ3v) is 2.15. The van der Waals surface area contributed by atoms with Crippen LogP contribution >= 0.6 is 0 Å². The van der Waals surface area contributed by atoms with Crippen molar-refractivity contribution in [3.05, 3.63) is 53.6 Å². The summed E-state index contributed by atoms with van der Waals surface area (Å²) in [6.07, 6.45) is 1.37. The van der Waals surface area contributed by atoms with Gasteiger partial charge >= 0.3 is 0 Å². The van der Waals surface area contributed by atoms with Crippen molar-refractivity contribution < 1.29 is 13.2 Å². The number of aromatic nitrogens is 1. The van der Waals surface area contributed by atoms with E-state index in [0.29, 0.717) is 5.69 Å². The molecule has 0 aliphatic heterocycles. The lowest BCUT2D eigenvalue weighted by atomic mass is 10.2. The molecule has 0 radical (unpaired) electrons. The number of halogens is 3. The minimum atomic E-state index is -1.52. The molecule has 0 spiro atoms. The van der Waals surface area contributed by atoms with Crippen LogP contribution in [0, 0.1) is 28.8 Å². The molecule has 1 heterocycles. The van der Waals surface area contributed by atoms with Gasteiger partial charge in [0.1, 0.15) is 11.8 Å². The minimum absolute atomic E-state index is 0.0430. The molecule has 0 saturated carbocycles. The predicted octanol–water partition coefficient (Wildman–Crippen LogP) is 3.11. The van der Waals surface area contributed by atoms with E-state index in [0.717, 1.165) is 12.1 Å². The van der Waals surface area contributed by atoms with Crippen LogP contribution in [-0.2, 0) is 0 Å². The molecular formula is C12H6F3N3. The number of nitrogens with zero attached hydrogens (tertiary/aromatic N) is 2. The first-order chi connectivity index (χ1) is 8.60. The SMILES string of the molecule is N#Cc1cc(Nc2cc(F)c(F)c(F)c2)ccn1. The summed E-state index contributed by atoms with van der Waals surface area (Å²) in [7, 11) is 0. The maximum Gasteiger partial charge on any atom is 0.194 e. The van der Waals surface area contributed by atoms with Crippen LogP contribution in [-0.4, -0.2) is 4.98 Å². The van der Waals surface area contributed by atoms with Crippen molar-refractivity contribution in [2.45, 2.75) is 0 Å². The van der Waals surface area contributed by atoms with Gasteiger partial charge in [0, 0.05) is 29.7 Å². The van der Waals surface area contributed by atoms with E-state index in [4.69, 9.17) is 5.26 Å². The Bertz CT molecular complexity index is 612. The lowest BCUT2D eigenvalue weighted by Crippen LogP contribution is -1.97. The Labute approximate surface area is 101 Å². The molecule has 2 aromatic rings. The maximum absolute atomic E-state index is 13.0. The Morgan fingerprint density at radius 1 is 1.06 bits per heavy atom. The van der Waals surface area contributed by atoms with Gasteiger partial charge in [0.25, 0.3) is 0 Å². The molecule has 90 valence electrons. The number of rotatable bonds is 2. The van der Waals surface area contributed by atoms with E-state index in [-0.39, 0.29) is 11.4 Å². The molecule has 0 bridgehead atoms. The summed E-state index contributed by atoms with van der Waals surface area (Å²) in [5, 5.41) is 11.3. The van der Waals surface area contributed by atoms with Gasteiger partial charge in [-0.2, -0.15) is 5.26 Å². The minimum Gasteiger partial charge on any atom is -0.355 e. The number of hydrogen-bond acceptors (Lipinski definition) is 3. The number of pyridine rings is 1. The molecule has 0 aliphatic carbocycles. The second-order valence-electron chi connectivity index (χ2n) is 3.42. The van der Waals surface area contributed by atoms with Crippen molar-refractivity contribution in [3.63, 3.8) is 0 Å². The third-order valence-electron chi connectivity index (χ3n) is 2.15. The highest BCUT2D eigenvalue weighted by Gasteiger charge is 2.10. The van der Waals surface area contributed by atoms with E-state index in [1.165, 1.54) is 18.3 Å². The molecule has 0 aliphatic rings. The van der Waals surface area contributed by atoms with E-state index in [1.54, 1.807) is 0 Å². The normalized spacial score (nSPS) is 9.89. The topological polar surface area (TPSA) is 48.7 Å². The third kappa shape index (κ3) is 2.40. The van der Waals surface area contributed by atoms with Crippen molar-refractivity contribution in [2.75, 3.05) is 5.32 Å². The highest BCUT2D eigenvalue weighted by atomic mass is 19.2. The van der Waals surface area contributed by atoms with Gasteiger partial charge in [0.05, 0.1) is 0 Å². The average Bonchev–Trinajstić information content (AvgIpc) is 2.36. The monoisotopic (exact) mass is 249 g/mol. The van der Waals surface area contributed by atoms with E-state index in [1.807, 2.05) is 6.07 Å². The standard InChI is InChI=1S/C12H6F3N3/c13-10-4-8(5-11(14)12(10)15)18-7-1-2-17-9(3-7)6-16/h1-5H,(H,17,18). The zero-order valence-electron chi connectivity index (χ0n) is 8.92. The second kappa shape index (κ2) is 4.75. The van der Waals surface area contributed by atoms with Crippen LogP contribution < -0.4 is 5.32 Å². The van der Waals surface area contributed by atoms with Gasteiger partial charge in [-0.3, -0.25) is 0 Å². The fourth-order valence-electron chi connectivity index (χ4n) is 1.36. The lowest BCUT2D eigenvalue weighted by molar-refractivity contribution is 0.448. The molecule has 18 heavy (non-hydrogen) atoms. The summed E-state index contributed by atoms with van der Waals surface area (Å²) in [5.74, 6) is -4.09. The van der Waals surface area contributed by atoms with Gasteiger partial charge in [-0.05, 0) is 12.1 Å². The van der Waals surface area contributed by atoms with Crippen LogP contribution in [0.5, 0.6) is 0 Å². The van der Waals surface area contributed by atoms with Crippen molar-refractivity contribution >= 4 is 11.4 Å². The molecule has 1 aromatic carbocycles. The van der Waals surface area contributed by atoms with Crippen molar-refractivity contribution in [2.24, 2.45) is 0 Å². The Morgan fingerprint density at radius 3 is 2.33 bits per heavy atom. The summed E-state index contributed by atoms with van der Waals surface area (Å²) in [6, 6.07) is 6.39. The summed E-state index contributed by atoms with van der Waals surface area (Å²) in [5.41, 5.74) is 0.622. The van der Waals surface area contributed by atoms with E-state index in [2.05, 4.69) is 10.3 Å². The Kier molecular flexibility index (Phi) is 3.15. The fraction of sp³-hybridized carbons (Fsp3) is 0. The van der Waals surface area contributed by atoms with Crippen LogP contribution in [0.25, 0.3) is 0 Å². The Hall–Kier alpha value is -2.55. The summed E-state index contributed by atoms with van der Waals surface area (Å²) < 4.78 is 38.7. The molecule has 0 amide bonds. The maximum atomic E-state index is 13.0. The Balaban J connectivity index is 2.32. The zero-order valence-corrected chi connectivity index (χ0v) is 8.92. The molecule has 0 fully saturated rings. The molecule has 1 N–H and O–H groups in total. The molecule has 0 atom stereocenters. The highest BCUT2D eigenvalue weighted by molar-refractivity contribution is 5.60. The quantitative estimate of drug-likeness (QED) is 0.832. The molecule has 0 saturated heterocycles. The van der Waals surface area contributed by atoms with Gasteiger partial charge in [-0.1, -0.05) is 0 Å². The van der Waals surface area contributed by atoms with Crippen LogP contribution in [0.15, 0.2) is 30.5 Å². The Morgan fingerprint density at radius 2 is 1.72 bits per heavy atom. The van der Waals surface area contributed by atoms with Gasteiger partial charge in [0.2, 0.25) is 0 Å². The van der Waals surface area contributed by atoms with E-state index in [9.17, 15) is 13.2 Å². The number of anilines is 2. The fourth-order valence-corrected chi connectivity index (χ4v) is 1.36. The van der Waals surface area contributed by atoms with Crippen LogP contribution in [0.3, 0.4) is 0 Å². The van der Waals surface area contributed by atoms with Crippen LogP contribution in [0.2, 0.25) is 0 Å².